The van der Waals surface area contributed by atoms with Crippen molar-refractivity contribution in [3.63, 3.8) is 0 Å². The molecule has 0 aliphatic carbocycles. The Hall–Kier alpha value is -1.06. The van der Waals surface area contributed by atoms with Gasteiger partial charge in [0.1, 0.15) is 5.01 Å². The first-order chi connectivity index (χ1) is 13.0. The first-order valence-electron chi connectivity index (χ1n) is 9.34. The summed E-state index contributed by atoms with van der Waals surface area (Å²) >= 11 is 7.92. The Kier molecular flexibility index (Phi) is 8.82. The van der Waals surface area contributed by atoms with Crippen molar-refractivity contribution in [2.45, 2.75) is 33.7 Å². The van der Waals surface area contributed by atoms with Crippen molar-refractivity contribution < 1.29 is 0 Å². The molecule has 2 heterocycles. The number of hydrogen-bond acceptors (Lipinski definition) is 4. The number of halogens is 2. The Morgan fingerprint density at radius 3 is 2.79 bits per heavy atom. The summed E-state index contributed by atoms with van der Waals surface area (Å²) in [5.41, 5.74) is 3.64. The van der Waals surface area contributed by atoms with Gasteiger partial charge in [0.2, 0.25) is 0 Å². The van der Waals surface area contributed by atoms with Crippen LogP contribution in [0.4, 0.5) is 5.69 Å². The third-order valence-corrected chi connectivity index (χ3v) is 6.37. The lowest BCUT2D eigenvalue weighted by molar-refractivity contribution is 0.565. The molecule has 1 fully saturated rings. The highest BCUT2D eigenvalue weighted by molar-refractivity contribution is 14.0. The van der Waals surface area contributed by atoms with Gasteiger partial charge < -0.3 is 15.5 Å². The average molecular weight is 534 g/mol. The van der Waals surface area contributed by atoms with Crippen molar-refractivity contribution in [1.82, 2.24) is 15.6 Å². The van der Waals surface area contributed by atoms with Crippen LogP contribution in [-0.4, -0.2) is 37.6 Å². The SMILES string of the molecule is CN=C(NCc1nc(C)c(C)s1)NCC1CCN(c2cc(Cl)ccc2C)C1.I. The fourth-order valence-corrected chi connectivity index (χ4v) is 4.42. The Balaban J connectivity index is 0.00000280. The number of aryl methyl sites for hydroxylation is 3. The van der Waals surface area contributed by atoms with E-state index in [1.54, 1.807) is 11.3 Å². The summed E-state index contributed by atoms with van der Waals surface area (Å²) in [6, 6.07) is 6.12. The lowest BCUT2D eigenvalue weighted by Gasteiger charge is -2.21. The fourth-order valence-electron chi connectivity index (χ4n) is 3.38. The third kappa shape index (κ3) is 5.97. The Morgan fingerprint density at radius 1 is 1.32 bits per heavy atom. The van der Waals surface area contributed by atoms with Crippen LogP contribution < -0.4 is 15.5 Å². The van der Waals surface area contributed by atoms with E-state index in [1.807, 2.05) is 13.1 Å². The second kappa shape index (κ2) is 10.6. The molecule has 1 atom stereocenters. The van der Waals surface area contributed by atoms with E-state index < -0.39 is 0 Å². The Labute approximate surface area is 194 Å². The van der Waals surface area contributed by atoms with Crippen LogP contribution in [0.1, 0.15) is 27.6 Å². The first kappa shape index (κ1) is 23.2. The smallest absolute Gasteiger partial charge is 0.191 e. The van der Waals surface area contributed by atoms with Crippen LogP contribution in [0.3, 0.4) is 0 Å². The van der Waals surface area contributed by atoms with Crippen molar-refractivity contribution in [3.8, 4) is 0 Å². The van der Waals surface area contributed by atoms with E-state index in [4.69, 9.17) is 11.6 Å². The number of aromatic nitrogens is 1. The molecule has 3 rings (SSSR count). The maximum Gasteiger partial charge on any atom is 0.191 e. The molecule has 1 saturated heterocycles. The molecule has 2 aromatic rings. The maximum atomic E-state index is 6.18. The van der Waals surface area contributed by atoms with E-state index >= 15 is 0 Å². The van der Waals surface area contributed by atoms with Gasteiger partial charge >= 0.3 is 0 Å². The standard InChI is InChI=1S/C20H28ClN5S.HI/c1-13-5-6-17(21)9-18(13)26-8-7-16(12-26)10-23-20(22-4)24-11-19-25-14(2)15(3)27-19;/h5-6,9,16H,7-8,10-12H2,1-4H3,(H2,22,23,24);1H. The van der Waals surface area contributed by atoms with Gasteiger partial charge in [0.05, 0.1) is 12.2 Å². The van der Waals surface area contributed by atoms with Crippen LogP contribution in [0.15, 0.2) is 23.2 Å². The van der Waals surface area contributed by atoms with Crippen molar-refractivity contribution in [3.05, 3.63) is 44.4 Å². The van der Waals surface area contributed by atoms with Crippen LogP contribution in [0.25, 0.3) is 0 Å². The van der Waals surface area contributed by atoms with Crippen molar-refractivity contribution in [1.29, 1.82) is 0 Å². The Bertz CT molecular complexity index is 803. The van der Waals surface area contributed by atoms with Crippen LogP contribution in [-0.2, 0) is 6.54 Å². The van der Waals surface area contributed by atoms with Gasteiger partial charge in [-0.1, -0.05) is 17.7 Å². The highest BCUT2D eigenvalue weighted by Gasteiger charge is 2.24. The number of thiazole rings is 1. The molecule has 5 nitrogen and oxygen atoms in total. The second-order valence-corrected chi connectivity index (χ2v) is 8.81. The number of benzene rings is 1. The van der Waals surface area contributed by atoms with Gasteiger partial charge in [0.15, 0.2) is 5.96 Å². The van der Waals surface area contributed by atoms with E-state index in [2.05, 4.69) is 58.4 Å². The van der Waals surface area contributed by atoms with Crippen LogP contribution in [0.5, 0.6) is 0 Å². The average Bonchev–Trinajstić information content (AvgIpc) is 3.24. The highest BCUT2D eigenvalue weighted by Crippen LogP contribution is 2.29. The van der Waals surface area contributed by atoms with Gasteiger partial charge in [-0.15, -0.1) is 35.3 Å². The van der Waals surface area contributed by atoms with E-state index in [1.165, 1.54) is 22.5 Å². The number of hydrogen-bond donors (Lipinski definition) is 2. The van der Waals surface area contributed by atoms with E-state index in [-0.39, 0.29) is 24.0 Å². The minimum atomic E-state index is 0. The summed E-state index contributed by atoms with van der Waals surface area (Å²) < 4.78 is 0. The van der Waals surface area contributed by atoms with Gasteiger partial charge in [0.25, 0.3) is 0 Å². The van der Waals surface area contributed by atoms with Crippen LogP contribution >= 0.6 is 46.9 Å². The zero-order valence-electron chi connectivity index (χ0n) is 16.9. The maximum absolute atomic E-state index is 6.18. The first-order valence-corrected chi connectivity index (χ1v) is 10.5. The van der Waals surface area contributed by atoms with E-state index in [9.17, 15) is 0 Å². The molecule has 0 spiro atoms. The summed E-state index contributed by atoms with van der Waals surface area (Å²) in [5.74, 6) is 1.42. The largest absolute Gasteiger partial charge is 0.371 e. The quantitative estimate of drug-likeness (QED) is 0.337. The van der Waals surface area contributed by atoms with Gasteiger partial charge in [0, 0.05) is 42.3 Å². The molecule has 0 saturated carbocycles. The molecule has 0 amide bonds. The molecular formula is C20H29ClIN5S. The van der Waals surface area contributed by atoms with Gasteiger partial charge in [-0.25, -0.2) is 4.98 Å². The topological polar surface area (TPSA) is 52.6 Å². The molecule has 1 aliphatic heterocycles. The molecule has 2 N–H and O–H groups in total. The van der Waals surface area contributed by atoms with Gasteiger partial charge in [-0.05, 0) is 50.8 Å². The molecule has 0 radical (unpaired) electrons. The molecule has 28 heavy (non-hydrogen) atoms. The molecule has 1 aliphatic rings. The second-order valence-electron chi connectivity index (χ2n) is 7.09. The van der Waals surface area contributed by atoms with Crippen molar-refractivity contribution in [2.75, 3.05) is 31.6 Å². The minimum Gasteiger partial charge on any atom is -0.371 e. The molecular weight excluding hydrogens is 505 g/mol. The van der Waals surface area contributed by atoms with E-state index in [0.717, 1.165) is 41.3 Å². The zero-order valence-corrected chi connectivity index (χ0v) is 20.8. The highest BCUT2D eigenvalue weighted by atomic mass is 127. The molecule has 154 valence electrons. The molecule has 8 heteroatoms. The third-order valence-electron chi connectivity index (χ3n) is 5.06. The molecule has 1 unspecified atom stereocenters. The molecule has 1 aromatic carbocycles. The molecule has 0 bridgehead atoms. The zero-order chi connectivity index (χ0) is 19.4. The lowest BCUT2D eigenvalue weighted by atomic mass is 10.1. The predicted octanol–water partition coefficient (Wildman–Crippen LogP) is 4.53. The summed E-state index contributed by atoms with van der Waals surface area (Å²) in [6.07, 6.45) is 1.17. The minimum absolute atomic E-state index is 0. The van der Waals surface area contributed by atoms with Crippen LogP contribution in [0.2, 0.25) is 5.02 Å². The predicted molar refractivity (Wildman–Crippen MR) is 132 cm³/mol. The number of guanidine groups is 1. The number of nitrogens with zero attached hydrogens (tertiary/aromatic N) is 3. The van der Waals surface area contributed by atoms with Crippen molar-refractivity contribution in [2.24, 2.45) is 10.9 Å². The van der Waals surface area contributed by atoms with Gasteiger partial charge in [-0.3, -0.25) is 4.99 Å². The number of rotatable bonds is 5. The summed E-state index contributed by atoms with van der Waals surface area (Å²) in [5, 5.41) is 8.72. The van der Waals surface area contributed by atoms with E-state index in [0.29, 0.717) is 12.5 Å². The summed E-state index contributed by atoms with van der Waals surface area (Å²) in [6.45, 7) is 10.0. The van der Waals surface area contributed by atoms with Gasteiger partial charge in [-0.2, -0.15) is 0 Å². The Morgan fingerprint density at radius 2 is 2.11 bits per heavy atom. The normalized spacial score (nSPS) is 16.8. The molecule has 1 aromatic heterocycles. The number of anilines is 1. The number of aliphatic imine (C=N–C) groups is 1. The van der Waals surface area contributed by atoms with Crippen LogP contribution in [0, 0.1) is 26.7 Å². The van der Waals surface area contributed by atoms with Crippen molar-refractivity contribution >= 4 is 58.6 Å². The fraction of sp³-hybridized carbons (Fsp3) is 0.500. The summed E-state index contributed by atoms with van der Waals surface area (Å²) in [7, 11) is 1.81. The summed E-state index contributed by atoms with van der Waals surface area (Å²) in [4.78, 5) is 12.6. The number of nitrogens with one attached hydrogen (secondary N) is 2. The monoisotopic (exact) mass is 533 g/mol. The lowest BCUT2D eigenvalue weighted by Crippen LogP contribution is -2.40.